The molecule has 4 rings (SSSR count). The normalized spacial score (nSPS) is 16.1. The van der Waals surface area contributed by atoms with E-state index < -0.39 is 12.1 Å². The Morgan fingerprint density at radius 2 is 1.97 bits per heavy atom. The van der Waals surface area contributed by atoms with Crippen LogP contribution in [0.1, 0.15) is 35.5 Å². The number of halogens is 3. The SMILES string of the molecule is Cc1cccc(CN2CCn3c(CNC(=O)C4CC4)cnc3C2)c1.O=C(O)C(F)(F)F. The standard InChI is InChI=1S/C19H24N4O.C2HF3O2/c1-14-3-2-4-15(9-14)12-22-7-8-23-17(10-20-18(23)13-22)11-21-19(24)16-5-6-16;3-2(4,5)1(6)7/h2-4,9-10,16H,5-8,11-13H2,1H3,(H,21,24);(H,6,7). The third-order valence-corrected chi connectivity index (χ3v) is 5.15. The molecule has 1 aromatic carbocycles. The van der Waals surface area contributed by atoms with Crippen molar-refractivity contribution in [1.82, 2.24) is 19.8 Å². The summed E-state index contributed by atoms with van der Waals surface area (Å²) in [4.78, 5) is 27.7. The molecule has 0 spiro atoms. The number of carboxylic acids is 1. The molecule has 0 saturated heterocycles. The quantitative estimate of drug-likeness (QED) is 0.750. The maximum atomic E-state index is 11.8. The summed E-state index contributed by atoms with van der Waals surface area (Å²) in [7, 11) is 0. The second kappa shape index (κ2) is 9.51. The van der Waals surface area contributed by atoms with Crippen LogP contribution >= 0.6 is 0 Å². The fourth-order valence-electron chi connectivity index (χ4n) is 3.39. The molecule has 0 unspecified atom stereocenters. The van der Waals surface area contributed by atoms with E-state index in [4.69, 9.17) is 9.90 Å². The number of benzene rings is 1. The molecule has 1 fully saturated rings. The predicted octanol–water partition coefficient (Wildman–Crippen LogP) is 2.87. The van der Waals surface area contributed by atoms with Crippen molar-refractivity contribution in [1.29, 1.82) is 0 Å². The largest absolute Gasteiger partial charge is 0.490 e. The van der Waals surface area contributed by atoms with E-state index in [0.717, 1.165) is 50.5 Å². The molecule has 31 heavy (non-hydrogen) atoms. The number of nitrogens with zero attached hydrogens (tertiary/aromatic N) is 3. The van der Waals surface area contributed by atoms with Gasteiger partial charge in [-0.2, -0.15) is 13.2 Å². The lowest BCUT2D eigenvalue weighted by Crippen LogP contribution is -2.35. The highest BCUT2D eigenvalue weighted by molar-refractivity contribution is 5.80. The number of rotatable bonds is 5. The molecule has 0 radical (unpaired) electrons. The topological polar surface area (TPSA) is 87.5 Å². The number of fused-ring (bicyclic) bond motifs is 1. The molecule has 168 valence electrons. The summed E-state index contributed by atoms with van der Waals surface area (Å²) in [5, 5.41) is 10.2. The van der Waals surface area contributed by atoms with Crippen molar-refractivity contribution in [2.45, 2.75) is 52.1 Å². The molecule has 1 saturated carbocycles. The molecular formula is C21H25F3N4O3. The van der Waals surface area contributed by atoms with Gasteiger partial charge in [0.2, 0.25) is 5.91 Å². The molecule has 1 aliphatic heterocycles. The van der Waals surface area contributed by atoms with Crippen molar-refractivity contribution < 1.29 is 27.9 Å². The number of hydrogen-bond donors (Lipinski definition) is 2. The number of carbonyl (C=O) groups is 2. The maximum absolute atomic E-state index is 11.8. The molecule has 1 aliphatic carbocycles. The van der Waals surface area contributed by atoms with Crippen LogP contribution in [0.15, 0.2) is 30.5 Å². The van der Waals surface area contributed by atoms with Gasteiger partial charge in [-0.05, 0) is 25.3 Å². The highest BCUT2D eigenvalue weighted by atomic mass is 19.4. The Balaban J connectivity index is 0.000000339. The van der Waals surface area contributed by atoms with Crippen molar-refractivity contribution in [2.24, 2.45) is 5.92 Å². The molecule has 0 bridgehead atoms. The first-order valence-electron chi connectivity index (χ1n) is 10.0. The van der Waals surface area contributed by atoms with Gasteiger partial charge >= 0.3 is 12.1 Å². The van der Waals surface area contributed by atoms with Gasteiger partial charge in [-0.15, -0.1) is 0 Å². The lowest BCUT2D eigenvalue weighted by Gasteiger charge is -2.28. The summed E-state index contributed by atoms with van der Waals surface area (Å²) in [6.07, 6.45) is -1.08. The van der Waals surface area contributed by atoms with Gasteiger partial charge in [0.1, 0.15) is 5.82 Å². The zero-order chi connectivity index (χ0) is 22.6. The van der Waals surface area contributed by atoms with Crippen molar-refractivity contribution in [3.63, 3.8) is 0 Å². The summed E-state index contributed by atoms with van der Waals surface area (Å²) in [5.41, 5.74) is 3.78. The van der Waals surface area contributed by atoms with E-state index in [1.807, 2.05) is 6.20 Å². The van der Waals surface area contributed by atoms with Crippen LogP contribution in [0.4, 0.5) is 13.2 Å². The molecule has 7 nitrogen and oxygen atoms in total. The first-order chi connectivity index (χ1) is 14.6. The molecule has 10 heteroatoms. The highest BCUT2D eigenvalue weighted by Crippen LogP contribution is 2.28. The second-order valence-electron chi connectivity index (χ2n) is 7.81. The number of aliphatic carboxylic acids is 1. The lowest BCUT2D eigenvalue weighted by atomic mass is 10.1. The molecule has 2 heterocycles. The number of imidazole rings is 1. The smallest absolute Gasteiger partial charge is 0.475 e. The van der Waals surface area contributed by atoms with Gasteiger partial charge in [0.15, 0.2) is 0 Å². The van der Waals surface area contributed by atoms with Gasteiger partial charge in [-0.3, -0.25) is 9.69 Å². The van der Waals surface area contributed by atoms with Gasteiger partial charge in [0.25, 0.3) is 0 Å². The van der Waals surface area contributed by atoms with Crippen LogP contribution in [-0.2, 0) is 35.8 Å². The van der Waals surface area contributed by atoms with Gasteiger partial charge < -0.3 is 15.0 Å². The number of nitrogens with one attached hydrogen (secondary N) is 1. The first-order valence-corrected chi connectivity index (χ1v) is 10.0. The Labute approximate surface area is 177 Å². The molecule has 2 aromatic rings. The highest BCUT2D eigenvalue weighted by Gasteiger charge is 2.38. The molecule has 1 amide bonds. The third kappa shape index (κ3) is 6.55. The van der Waals surface area contributed by atoms with Crippen molar-refractivity contribution in [2.75, 3.05) is 6.54 Å². The second-order valence-corrected chi connectivity index (χ2v) is 7.81. The maximum Gasteiger partial charge on any atom is 0.490 e. The van der Waals surface area contributed by atoms with Crippen LogP contribution in [0, 0.1) is 12.8 Å². The fraction of sp³-hybridized carbons (Fsp3) is 0.476. The molecule has 1 aromatic heterocycles. The van der Waals surface area contributed by atoms with E-state index in [1.165, 1.54) is 11.1 Å². The monoisotopic (exact) mass is 438 g/mol. The van der Waals surface area contributed by atoms with Crippen LogP contribution in [0.5, 0.6) is 0 Å². The van der Waals surface area contributed by atoms with E-state index in [2.05, 4.69) is 51.0 Å². The molecule has 0 atom stereocenters. The van der Waals surface area contributed by atoms with Crippen molar-refractivity contribution >= 4 is 11.9 Å². The predicted molar refractivity (Wildman–Crippen MR) is 106 cm³/mol. The fourth-order valence-corrected chi connectivity index (χ4v) is 3.39. The summed E-state index contributed by atoms with van der Waals surface area (Å²) >= 11 is 0. The summed E-state index contributed by atoms with van der Waals surface area (Å²) < 4.78 is 34.0. The van der Waals surface area contributed by atoms with E-state index in [1.54, 1.807) is 0 Å². The summed E-state index contributed by atoms with van der Waals surface area (Å²) in [5.74, 6) is -1.20. The zero-order valence-electron chi connectivity index (χ0n) is 17.2. The van der Waals surface area contributed by atoms with Crippen LogP contribution in [0.25, 0.3) is 0 Å². The number of aromatic nitrogens is 2. The van der Waals surface area contributed by atoms with Crippen LogP contribution in [0.3, 0.4) is 0 Å². The van der Waals surface area contributed by atoms with E-state index in [0.29, 0.717) is 6.54 Å². The van der Waals surface area contributed by atoms with Gasteiger partial charge in [-0.1, -0.05) is 29.8 Å². The third-order valence-electron chi connectivity index (χ3n) is 5.15. The minimum absolute atomic E-state index is 0.197. The number of alkyl halides is 3. The minimum atomic E-state index is -5.08. The van der Waals surface area contributed by atoms with Gasteiger partial charge in [-0.25, -0.2) is 9.78 Å². The Bertz CT molecular complexity index is 938. The summed E-state index contributed by atoms with van der Waals surface area (Å²) in [6, 6.07) is 8.69. The van der Waals surface area contributed by atoms with Crippen LogP contribution in [0.2, 0.25) is 0 Å². The van der Waals surface area contributed by atoms with Gasteiger partial charge in [0, 0.05) is 25.6 Å². The number of aryl methyl sites for hydroxylation is 1. The number of carbonyl (C=O) groups excluding carboxylic acids is 1. The Kier molecular flexibility index (Phi) is 6.99. The lowest BCUT2D eigenvalue weighted by molar-refractivity contribution is -0.192. The zero-order valence-corrected chi connectivity index (χ0v) is 17.2. The van der Waals surface area contributed by atoms with E-state index in [9.17, 15) is 18.0 Å². The van der Waals surface area contributed by atoms with Gasteiger partial charge in [0.05, 0.1) is 25.0 Å². The number of amides is 1. The molecule has 2 N–H and O–H groups in total. The Morgan fingerprint density at radius 3 is 2.58 bits per heavy atom. The number of hydrogen-bond acceptors (Lipinski definition) is 4. The van der Waals surface area contributed by atoms with E-state index >= 15 is 0 Å². The van der Waals surface area contributed by atoms with Crippen LogP contribution < -0.4 is 5.32 Å². The van der Waals surface area contributed by atoms with Crippen molar-refractivity contribution in [3.8, 4) is 0 Å². The number of carboxylic acid groups (broad SMARTS) is 1. The minimum Gasteiger partial charge on any atom is -0.475 e. The average molecular weight is 438 g/mol. The van der Waals surface area contributed by atoms with Crippen LogP contribution in [-0.4, -0.2) is 44.2 Å². The summed E-state index contributed by atoms with van der Waals surface area (Å²) in [6.45, 7) is 6.51. The van der Waals surface area contributed by atoms with E-state index in [-0.39, 0.29) is 11.8 Å². The molecule has 2 aliphatic rings. The average Bonchev–Trinajstić information content (AvgIpc) is 3.47. The Morgan fingerprint density at radius 1 is 1.26 bits per heavy atom. The molecular weight excluding hydrogens is 413 g/mol. The first kappa shape index (κ1) is 22.8. The Hall–Kier alpha value is -2.88. The van der Waals surface area contributed by atoms with Crippen molar-refractivity contribution in [3.05, 3.63) is 53.1 Å².